The Bertz CT molecular complexity index is 977. The number of nitrogen functional groups attached to an aromatic ring is 1. The Kier molecular flexibility index (Phi) is 4.47. The summed E-state index contributed by atoms with van der Waals surface area (Å²) in [5.41, 5.74) is 8.67. The maximum atomic E-state index is 12.4. The minimum Gasteiger partial charge on any atom is -0.504 e. The molecule has 4 N–H and O–H groups in total. The van der Waals surface area contributed by atoms with E-state index < -0.39 is 5.91 Å². The molecule has 26 heavy (non-hydrogen) atoms. The van der Waals surface area contributed by atoms with Gasteiger partial charge >= 0.3 is 0 Å². The minimum absolute atomic E-state index is 0.0326. The summed E-state index contributed by atoms with van der Waals surface area (Å²) in [6.07, 6.45) is 1.27. The second kappa shape index (κ2) is 6.88. The number of benzene rings is 1. The third kappa shape index (κ3) is 3.02. The van der Waals surface area contributed by atoms with Crippen molar-refractivity contribution in [2.75, 3.05) is 12.8 Å². The highest BCUT2D eigenvalue weighted by Crippen LogP contribution is 2.27. The number of carbonyl (C=O) groups excluding carboxylic acids is 1. The van der Waals surface area contributed by atoms with Crippen LogP contribution < -0.4 is 15.9 Å². The van der Waals surface area contributed by atoms with Gasteiger partial charge in [-0.25, -0.2) is 10.1 Å². The molecular weight excluding hydrogens is 344 g/mol. The van der Waals surface area contributed by atoms with Crippen LogP contribution in [0.3, 0.4) is 0 Å². The van der Waals surface area contributed by atoms with Gasteiger partial charge in [0.1, 0.15) is 0 Å². The number of carbonyl (C=O) groups is 1. The summed E-state index contributed by atoms with van der Waals surface area (Å²) in [5, 5.41) is 28.4. The van der Waals surface area contributed by atoms with E-state index in [1.165, 1.54) is 13.3 Å². The first-order chi connectivity index (χ1) is 12.5. The third-order valence-electron chi connectivity index (χ3n) is 3.37. The van der Waals surface area contributed by atoms with Gasteiger partial charge in [-0.1, -0.05) is 11.3 Å². The first-order valence-corrected chi connectivity index (χ1v) is 7.23. The minimum atomic E-state index is -0.617. The van der Waals surface area contributed by atoms with Gasteiger partial charge in [0.25, 0.3) is 5.91 Å². The van der Waals surface area contributed by atoms with E-state index in [-0.39, 0.29) is 28.8 Å². The Hall–Kier alpha value is -3.96. The highest BCUT2D eigenvalue weighted by atomic mass is 16.6. The first-order valence-electron chi connectivity index (χ1n) is 7.23. The number of nitrogens with one attached hydrogen (secondary N) is 1. The number of aromatic nitrogens is 5. The van der Waals surface area contributed by atoms with Gasteiger partial charge in [-0.3, -0.25) is 4.79 Å². The molecule has 12 heteroatoms. The fourth-order valence-electron chi connectivity index (χ4n) is 2.13. The van der Waals surface area contributed by atoms with Gasteiger partial charge in [0.05, 0.1) is 19.0 Å². The standard InChI is InChI=1S/C14H14N8O4/c1-7-10(22(21-17-7)13-12(15)19-26-20-13)14(24)18-16-6-8-4-3-5-9(25-2)11(8)23/h3-6,23H,1-2H3,(H2,15,19)(H,18,24)/b16-6-. The van der Waals surface area contributed by atoms with Crippen LogP contribution in [-0.2, 0) is 0 Å². The maximum absolute atomic E-state index is 12.4. The summed E-state index contributed by atoms with van der Waals surface area (Å²) in [7, 11) is 1.43. The van der Waals surface area contributed by atoms with E-state index >= 15 is 0 Å². The number of rotatable bonds is 5. The Morgan fingerprint density at radius 3 is 2.96 bits per heavy atom. The van der Waals surface area contributed by atoms with Gasteiger partial charge in [0.2, 0.25) is 11.6 Å². The van der Waals surface area contributed by atoms with Crippen LogP contribution in [0.1, 0.15) is 21.7 Å². The molecule has 1 aromatic carbocycles. The lowest BCUT2D eigenvalue weighted by Crippen LogP contribution is -2.22. The Morgan fingerprint density at radius 1 is 1.46 bits per heavy atom. The molecular formula is C14H14N8O4. The zero-order valence-electron chi connectivity index (χ0n) is 13.7. The zero-order valence-corrected chi connectivity index (χ0v) is 13.7. The lowest BCUT2D eigenvalue weighted by atomic mass is 10.2. The quantitative estimate of drug-likeness (QED) is 0.420. The molecule has 0 unspecified atom stereocenters. The SMILES string of the molecule is COc1cccc(/C=N\NC(=O)c2c(C)nnn2-c2nonc2N)c1O. The number of anilines is 1. The van der Waals surface area contributed by atoms with E-state index in [0.717, 1.165) is 4.68 Å². The molecule has 0 atom stereocenters. The number of hydrogen-bond acceptors (Lipinski definition) is 10. The van der Waals surface area contributed by atoms with Crippen LogP contribution in [0.5, 0.6) is 11.5 Å². The number of methoxy groups -OCH3 is 1. The molecule has 0 bridgehead atoms. The largest absolute Gasteiger partial charge is 0.504 e. The van der Waals surface area contributed by atoms with Crippen LogP contribution in [0.2, 0.25) is 0 Å². The number of hydrogen-bond donors (Lipinski definition) is 3. The molecule has 3 aromatic rings. The fraction of sp³-hybridized carbons (Fsp3) is 0.143. The predicted octanol–water partition coefficient (Wildman–Crippen LogP) is 0.0190. The number of aryl methyl sites for hydroxylation is 1. The van der Waals surface area contributed by atoms with E-state index in [1.807, 2.05) is 0 Å². The number of amides is 1. The highest BCUT2D eigenvalue weighted by molar-refractivity contribution is 5.95. The average molecular weight is 358 g/mol. The molecule has 0 aliphatic heterocycles. The number of aromatic hydroxyl groups is 1. The number of hydrazone groups is 1. The van der Waals surface area contributed by atoms with E-state index in [1.54, 1.807) is 25.1 Å². The molecule has 2 heterocycles. The second-order valence-corrected chi connectivity index (χ2v) is 5.01. The van der Waals surface area contributed by atoms with Crippen LogP contribution in [0.25, 0.3) is 5.82 Å². The van der Waals surface area contributed by atoms with E-state index in [2.05, 4.69) is 35.8 Å². The van der Waals surface area contributed by atoms with Crippen molar-refractivity contribution in [1.82, 2.24) is 30.7 Å². The fourth-order valence-corrected chi connectivity index (χ4v) is 2.13. The molecule has 12 nitrogen and oxygen atoms in total. The molecule has 2 aromatic heterocycles. The van der Waals surface area contributed by atoms with Crippen molar-refractivity contribution < 1.29 is 19.3 Å². The summed E-state index contributed by atoms with van der Waals surface area (Å²) in [5.74, 6) is -0.447. The van der Waals surface area contributed by atoms with Crippen LogP contribution in [0, 0.1) is 6.92 Å². The Labute approximate surface area is 146 Å². The van der Waals surface area contributed by atoms with Crippen molar-refractivity contribution in [3.63, 3.8) is 0 Å². The summed E-state index contributed by atoms with van der Waals surface area (Å²) in [4.78, 5) is 12.4. The number of nitrogens with two attached hydrogens (primary N) is 1. The van der Waals surface area contributed by atoms with Gasteiger partial charge in [0.15, 0.2) is 17.2 Å². The first kappa shape index (κ1) is 16.9. The molecule has 3 rings (SSSR count). The number of nitrogens with zero attached hydrogens (tertiary/aromatic N) is 6. The normalized spacial score (nSPS) is 11.0. The van der Waals surface area contributed by atoms with Gasteiger partial charge in [-0.15, -0.1) is 5.10 Å². The van der Waals surface area contributed by atoms with Crippen molar-refractivity contribution in [1.29, 1.82) is 0 Å². The molecule has 0 saturated carbocycles. The van der Waals surface area contributed by atoms with Crippen molar-refractivity contribution >= 4 is 17.9 Å². The molecule has 0 aliphatic rings. The monoisotopic (exact) mass is 358 g/mol. The topological polar surface area (TPSA) is 167 Å². The van der Waals surface area contributed by atoms with E-state index in [0.29, 0.717) is 11.3 Å². The lowest BCUT2D eigenvalue weighted by Gasteiger charge is -2.05. The maximum Gasteiger partial charge on any atom is 0.292 e. The molecule has 134 valence electrons. The Morgan fingerprint density at radius 2 is 2.27 bits per heavy atom. The van der Waals surface area contributed by atoms with Crippen molar-refractivity contribution in [3.8, 4) is 17.3 Å². The molecule has 0 radical (unpaired) electrons. The molecule has 0 spiro atoms. The average Bonchev–Trinajstić information content (AvgIpc) is 3.21. The summed E-state index contributed by atoms with van der Waals surface area (Å²) in [6.45, 7) is 1.58. The van der Waals surface area contributed by atoms with Crippen molar-refractivity contribution in [3.05, 3.63) is 35.2 Å². The third-order valence-corrected chi connectivity index (χ3v) is 3.37. The lowest BCUT2D eigenvalue weighted by molar-refractivity contribution is 0.0946. The zero-order chi connectivity index (χ0) is 18.7. The Balaban J connectivity index is 1.82. The summed E-state index contributed by atoms with van der Waals surface area (Å²) in [6, 6.07) is 4.87. The summed E-state index contributed by atoms with van der Waals surface area (Å²) >= 11 is 0. The molecule has 0 saturated heterocycles. The van der Waals surface area contributed by atoms with E-state index in [9.17, 15) is 9.90 Å². The molecule has 0 fully saturated rings. The van der Waals surface area contributed by atoms with Crippen LogP contribution in [0.4, 0.5) is 5.82 Å². The van der Waals surface area contributed by atoms with Crippen molar-refractivity contribution in [2.24, 2.45) is 5.10 Å². The molecule has 1 amide bonds. The predicted molar refractivity (Wildman–Crippen MR) is 88.1 cm³/mol. The van der Waals surface area contributed by atoms with Gasteiger partial charge in [-0.05, 0) is 29.4 Å². The number of para-hydroxylation sites is 1. The molecule has 0 aliphatic carbocycles. The van der Waals surface area contributed by atoms with Crippen LogP contribution in [-0.4, -0.2) is 49.6 Å². The van der Waals surface area contributed by atoms with E-state index in [4.69, 9.17) is 10.5 Å². The van der Waals surface area contributed by atoms with Gasteiger partial charge < -0.3 is 15.6 Å². The van der Waals surface area contributed by atoms with Crippen LogP contribution >= 0.6 is 0 Å². The number of phenolic OH excluding ortho intramolecular Hbond substituents is 1. The van der Waals surface area contributed by atoms with Crippen LogP contribution in [0.15, 0.2) is 27.9 Å². The number of ether oxygens (including phenoxy) is 1. The van der Waals surface area contributed by atoms with Gasteiger partial charge in [-0.2, -0.15) is 9.78 Å². The second-order valence-electron chi connectivity index (χ2n) is 5.01. The van der Waals surface area contributed by atoms with Crippen molar-refractivity contribution in [2.45, 2.75) is 6.92 Å². The smallest absolute Gasteiger partial charge is 0.292 e. The van der Waals surface area contributed by atoms with Gasteiger partial charge in [0, 0.05) is 5.56 Å². The number of phenols is 1. The highest BCUT2D eigenvalue weighted by Gasteiger charge is 2.22. The summed E-state index contributed by atoms with van der Waals surface area (Å²) < 4.78 is 10.6.